The van der Waals surface area contributed by atoms with Crippen LogP contribution in [-0.2, 0) is 0 Å². The van der Waals surface area contributed by atoms with Crippen molar-refractivity contribution in [3.8, 4) is 5.75 Å². The molecule has 0 aliphatic carbocycles. The standard InChI is InChI=1S/C20H20ClNO/c1-15-5-2-6-16-13-19(9-10-20(15)16)23-12-4-11-22-18-8-3-7-17(21)14-18/h2-3,5-10,13-14,22H,4,11-12H2,1H3. The molecule has 0 heterocycles. The minimum absolute atomic E-state index is 0.685. The first-order chi connectivity index (χ1) is 11.2. The van der Waals surface area contributed by atoms with Gasteiger partial charge in [0.05, 0.1) is 6.61 Å². The molecule has 1 N–H and O–H groups in total. The zero-order valence-corrected chi connectivity index (χ0v) is 13.9. The summed E-state index contributed by atoms with van der Waals surface area (Å²) in [6.45, 7) is 3.67. The molecule has 0 aliphatic heterocycles. The molecule has 0 aliphatic rings. The van der Waals surface area contributed by atoms with Gasteiger partial charge in [-0.25, -0.2) is 0 Å². The number of nitrogens with one attached hydrogen (secondary N) is 1. The van der Waals surface area contributed by atoms with E-state index in [1.54, 1.807) is 0 Å². The normalized spacial score (nSPS) is 10.7. The van der Waals surface area contributed by atoms with Crippen molar-refractivity contribution in [2.45, 2.75) is 13.3 Å². The third kappa shape index (κ3) is 4.17. The van der Waals surface area contributed by atoms with Crippen LogP contribution in [0.4, 0.5) is 5.69 Å². The van der Waals surface area contributed by atoms with Crippen molar-refractivity contribution in [1.82, 2.24) is 0 Å². The average molecular weight is 326 g/mol. The lowest BCUT2D eigenvalue weighted by Gasteiger charge is -2.10. The average Bonchev–Trinajstić information content (AvgIpc) is 2.55. The lowest BCUT2D eigenvalue weighted by atomic mass is 10.1. The molecular weight excluding hydrogens is 306 g/mol. The highest BCUT2D eigenvalue weighted by atomic mass is 35.5. The Bertz CT molecular complexity index is 801. The van der Waals surface area contributed by atoms with E-state index in [0.717, 1.165) is 29.4 Å². The van der Waals surface area contributed by atoms with Crippen LogP contribution >= 0.6 is 11.6 Å². The van der Waals surface area contributed by atoms with Gasteiger partial charge in [0, 0.05) is 17.3 Å². The zero-order valence-electron chi connectivity index (χ0n) is 13.2. The molecule has 2 nitrogen and oxygen atoms in total. The van der Waals surface area contributed by atoms with E-state index in [9.17, 15) is 0 Å². The molecule has 3 rings (SSSR count). The molecule has 0 radical (unpaired) electrons. The van der Waals surface area contributed by atoms with Crippen LogP contribution in [0, 0.1) is 6.92 Å². The van der Waals surface area contributed by atoms with Gasteiger partial charge in [0.25, 0.3) is 0 Å². The number of aryl methyl sites for hydroxylation is 1. The number of rotatable bonds is 6. The van der Waals surface area contributed by atoms with Crippen molar-refractivity contribution >= 4 is 28.1 Å². The van der Waals surface area contributed by atoms with E-state index in [-0.39, 0.29) is 0 Å². The van der Waals surface area contributed by atoms with Gasteiger partial charge in [-0.1, -0.05) is 41.9 Å². The Morgan fingerprint density at radius 1 is 1.00 bits per heavy atom. The van der Waals surface area contributed by atoms with E-state index in [1.807, 2.05) is 30.3 Å². The number of fused-ring (bicyclic) bond motifs is 1. The Morgan fingerprint density at radius 2 is 1.87 bits per heavy atom. The number of hydrogen-bond donors (Lipinski definition) is 1. The quantitative estimate of drug-likeness (QED) is 0.588. The SMILES string of the molecule is Cc1cccc2cc(OCCCNc3cccc(Cl)c3)ccc12. The van der Waals surface area contributed by atoms with Crippen LogP contribution in [0.15, 0.2) is 60.7 Å². The fraction of sp³-hybridized carbons (Fsp3) is 0.200. The topological polar surface area (TPSA) is 21.3 Å². The van der Waals surface area contributed by atoms with Crippen molar-refractivity contribution in [3.05, 3.63) is 71.2 Å². The first kappa shape index (κ1) is 15.7. The summed E-state index contributed by atoms with van der Waals surface area (Å²) >= 11 is 5.96. The summed E-state index contributed by atoms with van der Waals surface area (Å²) in [5, 5.41) is 6.59. The molecule has 3 heteroatoms. The number of anilines is 1. The molecule has 0 amide bonds. The first-order valence-corrected chi connectivity index (χ1v) is 8.22. The maximum atomic E-state index is 5.96. The molecule has 23 heavy (non-hydrogen) atoms. The Labute approximate surface area is 142 Å². The molecule has 0 fully saturated rings. The molecule has 0 bridgehead atoms. The van der Waals surface area contributed by atoms with Gasteiger partial charge < -0.3 is 10.1 Å². The van der Waals surface area contributed by atoms with Gasteiger partial charge in [0.2, 0.25) is 0 Å². The third-order valence-corrected chi connectivity index (χ3v) is 4.05. The number of benzene rings is 3. The molecule has 0 saturated carbocycles. The highest BCUT2D eigenvalue weighted by Crippen LogP contribution is 2.23. The van der Waals surface area contributed by atoms with Gasteiger partial charge in [-0.05, 0) is 60.0 Å². The van der Waals surface area contributed by atoms with Crippen LogP contribution < -0.4 is 10.1 Å². The van der Waals surface area contributed by atoms with Crippen molar-refractivity contribution in [2.24, 2.45) is 0 Å². The predicted molar refractivity (Wildman–Crippen MR) is 98.7 cm³/mol. The Morgan fingerprint density at radius 3 is 2.74 bits per heavy atom. The Hall–Kier alpha value is -2.19. The second-order valence-corrected chi connectivity index (χ2v) is 6.03. The maximum Gasteiger partial charge on any atom is 0.119 e. The van der Waals surface area contributed by atoms with Crippen LogP contribution in [0.2, 0.25) is 5.02 Å². The van der Waals surface area contributed by atoms with Crippen molar-refractivity contribution < 1.29 is 4.74 Å². The molecule has 0 aromatic heterocycles. The minimum atomic E-state index is 0.685. The molecule has 3 aromatic carbocycles. The van der Waals surface area contributed by atoms with Crippen LogP contribution in [-0.4, -0.2) is 13.2 Å². The van der Waals surface area contributed by atoms with E-state index in [0.29, 0.717) is 6.61 Å². The van der Waals surface area contributed by atoms with Crippen LogP contribution in [0.25, 0.3) is 10.8 Å². The summed E-state index contributed by atoms with van der Waals surface area (Å²) in [4.78, 5) is 0. The monoisotopic (exact) mass is 325 g/mol. The Balaban J connectivity index is 1.49. The van der Waals surface area contributed by atoms with Crippen LogP contribution in [0.3, 0.4) is 0 Å². The molecule has 3 aromatic rings. The highest BCUT2D eigenvalue weighted by molar-refractivity contribution is 6.30. The van der Waals surface area contributed by atoms with E-state index >= 15 is 0 Å². The van der Waals surface area contributed by atoms with E-state index in [2.05, 4.69) is 42.6 Å². The summed E-state index contributed by atoms with van der Waals surface area (Å²) in [5.41, 5.74) is 2.33. The van der Waals surface area contributed by atoms with Crippen LogP contribution in [0.5, 0.6) is 5.75 Å². The molecular formula is C20H20ClNO. The van der Waals surface area contributed by atoms with Gasteiger partial charge in [-0.2, -0.15) is 0 Å². The van der Waals surface area contributed by atoms with Gasteiger partial charge in [0.1, 0.15) is 5.75 Å². The molecule has 0 unspecified atom stereocenters. The molecule has 118 valence electrons. The number of ether oxygens (including phenoxy) is 1. The van der Waals surface area contributed by atoms with Gasteiger partial charge in [-0.3, -0.25) is 0 Å². The first-order valence-electron chi connectivity index (χ1n) is 7.84. The van der Waals surface area contributed by atoms with E-state index in [1.165, 1.54) is 16.3 Å². The second-order valence-electron chi connectivity index (χ2n) is 5.60. The third-order valence-electron chi connectivity index (χ3n) is 3.81. The summed E-state index contributed by atoms with van der Waals surface area (Å²) in [6, 6.07) is 20.4. The lowest BCUT2D eigenvalue weighted by molar-refractivity contribution is 0.315. The Kier molecular flexibility index (Phi) is 5.04. The zero-order chi connectivity index (χ0) is 16.1. The molecule has 0 atom stereocenters. The van der Waals surface area contributed by atoms with Gasteiger partial charge >= 0.3 is 0 Å². The molecule has 0 saturated heterocycles. The minimum Gasteiger partial charge on any atom is -0.494 e. The summed E-state index contributed by atoms with van der Waals surface area (Å²) < 4.78 is 5.85. The largest absolute Gasteiger partial charge is 0.494 e. The smallest absolute Gasteiger partial charge is 0.119 e. The lowest BCUT2D eigenvalue weighted by Crippen LogP contribution is -2.07. The maximum absolute atomic E-state index is 5.96. The summed E-state index contributed by atoms with van der Waals surface area (Å²) in [6.07, 6.45) is 0.929. The summed E-state index contributed by atoms with van der Waals surface area (Å²) in [5.74, 6) is 0.922. The highest BCUT2D eigenvalue weighted by Gasteiger charge is 2.00. The second kappa shape index (κ2) is 7.38. The van der Waals surface area contributed by atoms with E-state index < -0.39 is 0 Å². The number of hydrogen-bond acceptors (Lipinski definition) is 2. The van der Waals surface area contributed by atoms with Crippen molar-refractivity contribution in [2.75, 3.05) is 18.5 Å². The van der Waals surface area contributed by atoms with Crippen LogP contribution in [0.1, 0.15) is 12.0 Å². The fourth-order valence-corrected chi connectivity index (χ4v) is 2.80. The van der Waals surface area contributed by atoms with Gasteiger partial charge in [-0.15, -0.1) is 0 Å². The number of halogens is 1. The molecule has 0 spiro atoms. The summed E-state index contributed by atoms with van der Waals surface area (Å²) in [7, 11) is 0. The van der Waals surface area contributed by atoms with Crippen molar-refractivity contribution in [1.29, 1.82) is 0 Å². The van der Waals surface area contributed by atoms with E-state index in [4.69, 9.17) is 16.3 Å². The van der Waals surface area contributed by atoms with Crippen molar-refractivity contribution in [3.63, 3.8) is 0 Å². The predicted octanol–water partition coefficient (Wildman–Crippen LogP) is 5.68. The fourth-order valence-electron chi connectivity index (χ4n) is 2.61. The van der Waals surface area contributed by atoms with Gasteiger partial charge in [0.15, 0.2) is 0 Å².